The van der Waals surface area contributed by atoms with E-state index >= 15 is 0 Å². The Balaban J connectivity index is 2.06. The van der Waals surface area contributed by atoms with E-state index in [1.165, 1.54) is 12.8 Å². The molecular formula is C7H9N7. The molecule has 1 aliphatic carbocycles. The van der Waals surface area contributed by atoms with Gasteiger partial charge in [0.05, 0.1) is 0 Å². The van der Waals surface area contributed by atoms with E-state index in [4.69, 9.17) is 5.73 Å². The Hall–Kier alpha value is -1.92. The molecule has 0 bridgehead atoms. The molecule has 0 atom stereocenters. The Kier molecular flexibility index (Phi) is 1.35. The lowest BCUT2D eigenvalue weighted by Crippen LogP contribution is -1.97. The fraction of sp³-hybridized carbons (Fsp3) is 0.429. The number of hydrogen-bond donors (Lipinski definition) is 2. The van der Waals surface area contributed by atoms with Crippen molar-refractivity contribution in [2.45, 2.75) is 18.9 Å². The van der Waals surface area contributed by atoms with Gasteiger partial charge in [0.15, 0.2) is 5.82 Å². The first-order valence-corrected chi connectivity index (χ1v) is 4.42. The highest BCUT2D eigenvalue weighted by Gasteiger charge is 2.27. The normalized spacial score (nSPS) is 16.0. The molecule has 7 heteroatoms. The van der Waals surface area contributed by atoms with Crippen LogP contribution in [-0.4, -0.2) is 29.9 Å². The molecule has 2 aromatic heterocycles. The summed E-state index contributed by atoms with van der Waals surface area (Å²) in [5, 5.41) is 14.3. The number of hydrogen-bond acceptors (Lipinski definition) is 5. The summed E-state index contributed by atoms with van der Waals surface area (Å²) in [6.45, 7) is 0. The molecule has 2 aromatic rings. The number of nitrogens with zero attached hydrogens (tertiary/aromatic N) is 5. The number of anilines is 1. The van der Waals surface area contributed by atoms with Crippen LogP contribution < -0.4 is 5.73 Å². The summed E-state index contributed by atoms with van der Waals surface area (Å²) in [5.41, 5.74) is 5.42. The van der Waals surface area contributed by atoms with Gasteiger partial charge in [0.25, 0.3) is 0 Å². The van der Waals surface area contributed by atoms with Crippen LogP contribution in [0.4, 0.5) is 5.95 Å². The fourth-order valence-electron chi connectivity index (χ4n) is 1.41. The maximum Gasteiger partial charge on any atom is 0.239 e. The van der Waals surface area contributed by atoms with Gasteiger partial charge in [0, 0.05) is 6.04 Å². The lowest BCUT2D eigenvalue weighted by molar-refractivity contribution is 0.741. The van der Waals surface area contributed by atoms with Crippen LogP contribution in [0.5, 0.6) is 0 Å². The molecule has 0 aliphatic heterocycles. The SMILES string of the molecule is Nc1n[nH]c(-c2nncn2C2CC2)n1. The summed E-state index contributed by atoms with van der Waals surface area (Å²) in [6.07, 6.45) is 4.06. The second-order valence-electron chi connectivity index (χ2n) is 3.34. The van der Waals surface area contributed by atoms with Gasteiger partial charge in [0.2, 0.25) is 11.8 Å². The number of nitrogens with two attached hydrogens (primary N) is 1. The largest absolute Gasteiger partial charge is 0.366 e. The van der Waals surface area contributed by atoms with E-state index in [0.29, 0.717) is 17.7 Å². The van der Waals surface area contributed by atoms with Crippen molar-refractivity contribution in [3.63, 3.8) is 0 Å². The summed E-state index contributed by atoms with van der Waals surface area (Å²) in [5.74, 6) is 1.51. The smallest absolute Gasteiger partial charge is 0.239 e. The van der Waals surface area contributed by atoms with Crippen LogP contribution in [0.3, 0.4) is 0 Å². The van der Waals surface area contributed by atoms with Crippen LogP contribution in [0.15, 0.2) is 6.33 Å². The zero-order valence-corrected chi connectivity index (χ0v) is 7.38. The number of rotatable bonds is 2. The van der Waals surface area contributed by atoms with Crippen molar-refractivity contribution < 1.29 is 0 Å². The third kappa shape index (κ3) is 1.05. The average Bonchev–Trinajstić information content (AvgIpc) is 2.75. The summed E-state index contributed by atoms with van der Waals surface area (Å²) in [4.78, 5) is 4.01. The highest BCUT2D eigenvalue weighted by molar-refractivity contribution is 5.44. The maximum absolute atomic E-state index is 5.42. The van der Waals surface area contributed by atoms with Crippen molar-refractivity contribution in [3.8, 4) is 11.6 Å². The van der Waals surface area contributed by atoms with Crippen molar-refractivity contribution in [1.82, 2.24) is 29.9 Å². The van der Waals surface area contributed by atoms with E-state index in [2.05, 4.69) is 25.4 Å². The Morgan fingerprint density at radius 2 is 2.36 bits per heavy atom. The molecule has 1 aliphatic rings. The number of aromatic amines is 1. The van der Waals surface area contributed by atoms with E-state index in [1.807, 2.05) is 4.57 Å². The number of H-pyrrole nitrogens is 1. The summed E-state index contributed by atoms with van der Waals surface area (Å²) < 4.78 is 2.00. The van der Waals surface area contributed by atoms with Crippen molar-refractivity contribution in [2.75, 3.05) is 5.73 Å². The van der Waals surface area contributed by atoms with Gasteiger partial charge in [0.1, 0.15) is 6.33 Å². The molecule has 1 fully saturated rings. The van der Waals surface area contributed by atoms with E-state index < -0.39 is 0 Å². The first kappa shape index (κ1) is 7.48. The Morgan fingerprint density at radius 3 is 3.00 bits per heavy atom. The Labute approximate surface area is 79.4 Å². The monoisotopic (exact) mass is 191 g/mol. The van der Waals surface area contributed by atoms with E-state index in [-0.39, 0.29) is 5.95 Å². The molecule has 0 amide bonds. The molecule has 14 heavy (non-hydrogen) atoms. The first-order chi connectivity index (χ1) is 6.84. The zero-order chi connectivity index (χ0) is 9.54. The molecule has 0 aromatic carbocycles. The van der Waals surface area contributed by atoms with Gasteiger partial charge >= 0.3 is 0 Å². The lowest BCUT2D eigenvalue weighted by Gasteiger charge is -1.99. The van der Waals surface area contributed by atoms with Crippen LogP contribution >= 0.6 is 0 Å². The maximum atomic E-state index is 5.42. The Morgan fingerprint density at radius 1 is 1.50 bits per heavy atom. The second kappa shape index (κ2) is 2.53. The standard InChI is InChI=1S/C7H9N7/c8-7-10-5(11-13-7)6-12-9-3-14(6)4-1-2-4/h3-4H,1-2H2,(H3,8,10,11,13). The molecular weight excluding hydrogens is 182 g/mol. The van der Waals surface area contributed by atoms with Gasteiger partial charge in [-0.1, -0.05) is 0 Å². The van der Waals surface area contributed by atoms with Crippen molar-refractivity contribution >= 4 is 5.95 Å². The highest BCUT2D eigenvalue weighted by Crippen LogP contribution is 2.36. The lowest BCUT2D eigenvalue weighted by atomic mass is 10.5. The molecule has 3 N–H and O–H groups in total. The van der Waals surface area contributed by atoms with Gasteiger partial charge in [-0.05, 0) is 12.8 Å². The highest BCUT2D eigenvalue weighted by atomic mass is 15.3. The van der Waals surface area contributed by atoms with Gasteiger partial charge in [-0.25, -0.2) is 0 Å². The van der Waals surface area contributed by atoms with Crippen molar-refractivity contribution in [2.24, 2.45) is 0 Å². The quantitative estimate of drug-likeness (QED) is 0.695. The van der Waals surface area contributed by atoms with Crippen molar-refractivity contribution in [3.05, 3.63) is 6.33 Å². The van der Waals surface area contributed by atoms with E-state index in [9.17, 15) is 0 Å². The van der Waals surface area contributed by atoms with E-state index in [0.717, 1.165) is 0 Å². The van der Waals surface area contributed by atoms with Gasteiger partial charge in [-0.15, -0.1) is 15.3 Å². The predicted octanol–water partition coefficient (Wildman–Crippen LogP) is -0.0197. The number of nitrogen functional groups attached to an aromatic ring is 1. The Bertz CT molecular complexity index is 452. The zero-order valence-electron chi connectivity index (χ0n) is 7.38. The summed E-state index contributed by atoms with van der Waals surface area (Å²) >= 11 is 0. The third-order valence-corrected chi connectivity index (χ3v) is 2.23. The molecule has 0 saturated heterocycles. The molecule has 0 spiro atoms. The molecule has 2 heterocycles. The average molecular weight is 191 g/mol. The summed E-state index contributed by atoms with van der Waals surface area (Å²) in [6, 6.07) is 0.520. The topological polar surface area (TPSA) is 98.3 Å². The predicted molar refractivity (Wildman–Crippen MR) is 48.1 cm³/mol. The third-order valence-electron chi connectivity index (χ3n) is 2.23. The molecule has 7 nitrogen and oxygen atoms in total. The molecule has 0 unspecified atom stereocenters. The van der Waals surface area contributed by atoms with Crippen LogP contribution in [0.1, 0.15) is 18.9 Å². The molecule has 3 rings (SSSR count). The number of aromatic nitrogens is 6. The second-order valence-corrected chi connectivity index (χ2v) is 3.34. The van der Waals surface area contributed by atoms with Gasteiger partial charge in [-0.3, -0.25) is 5.10 Å². The molecule has 72 valence electrons. The van der Waals surface area contributed by atoms with Crippen LogP contribution in [0, 0.1) is 0 Å². The minimum atomic E-state index is 0.227. The van der Waals surface area contributed by atoms with Gasteiger partial charge < -0.3 is 10.3 Å². The van der Waals surface area contributed by atoms with Gasteiger partial charge in [-0.2, -0.15) is 4.98 Å². The minimum Gasteiger partial charge on any atom is -0.366 e. The first-order valence-electron chi connectivity index (χ1n) is 4.42. The summed E-state index contributed by atoms with van der Waals surface area (Å²) in [7, 11) is 0. The van der Waals surface area contributed by atoms with Crippen LogP contribution in [0.2, 0.25) is 0 Å². The van der Waals surface area contributed by atoms with Crippen LogP contribution in [0.25, 0.3) is 11.6 Å². The van der Waals surface area contributed by atoms with E-state index in [1.54, 1.807) is 6.33 Å². The number of nitrogens with one attached hydrogen (secondary N) is 1. The molecule has 0 radical (unpaired) electrons. The minimum absolute atomic E-state index is 0.227. The van der Waals surface area contributed by atoms with Crippen LogP contribution in [-0.2, 0) is 0 Å². The molecule has 1 saturated carbocycles. The van der Waals surface area contributed by atoms with Crippen molar-refractivity contribution in [1.29, 1.82) is 0 Å². The fourth-order valence-corrected chi connectivity index (χ4v) is 1.41.